The van der Waals surface area contributed by atoms with Crippen LogP contribution >= 0.6 is 7.82 Å². The fourth-order valence-electron chi connectivity index (χ4n) is 2.78. The Balaban J connectivity index is 3.04. The molecule has 0 aliphatic rings. The molecule has 0 rings (SSSR count). The van der Waals surface area contributed by atoms with Crippen LogP contribution in [0.5, 0.6) is 0 Å². The summed E-state index contributed by atoms with van der Waals surface area (Å²) in [6.07, 6.45) is 17.8. The van der Waals surface area contributed by atoms with Gasteiger partial charge in [-0.3, -0.25) is 4.52 Å². The van der Waals surface area contributed by atoms with E-state index in [0.717, 1.165) is 25.2 Å². The van der Waals surface area contributed by atoms with Crippen LogP contribution in [0.15, 0.2) is 0 Å². The van der Waals surface area contributed by atoms with Crippen molar-refractivity contribution in [3.63, 3.8) is 0 Å². The molecule has 0 aromatic heterocycles. The first-order chi connectivity index (χ1) is 10.9. The van der Waals surface area contributed by atoms with Crippen LogP contribution in [0.3, 0.4) is 0 Å². The maximum atomic E-state index is 10.5. The second kappa shape index (κ2) is 15.6. The van der Waals surface area contributed by atoms with E-state index in [4.69, 9.17) is 9.79 Å². The van der Waals surface area contributed by atoms with Crippen molar-refractivity contribution in [2.75, 3.05) is 6.61 Å². The molecule has 0 radical (unpaired) electrons. The van der Waals surface area contributed by atoms with E-state index in [0.29, 0.717) is 0 Å². The summed E-state index contributed by atoms with van der Waals surface area (Å²) >= 11 is 0. The maximum Gasteiger partial charge on any atom is 0.469 e. The molecule has 0 bridgehead atoms. The lowest BCUT2D eigenvalue weighted by atomic mass is 10.0. The third-order valence-electron chi connectivity index (χ3n) is 4.19. The number of hydrogen-bond donors (Lipinski definition) is 2. The summed E-state index contributed by atoms with van der Waals surface area (Å²) < 4.78 is 14.9. The summed E-state index contributed by atoms with van der Waals surface area (Å²) in [5.41, 5.74) is 0. The van der Waals surface area contributed by atoms with Gasteiger partial charge in [-0.05, 0) is 12.3 Å². The zero-order valence-corrected chi connectivity index (χ0v) is 16.2. The quantitative estimate of drug-likeness (QED) is 0.242. The molecule has 0 saturated carbocycles. The zero-order valence-electron chi connectivity index (χ0n) is 15.3. The van der Waals surface area contributed by atoms with Crippen molar-refractivity contribution in [1.29, 1.82) is 0 Å². The van der Waals surface area contributed by atoms with E-state index in [-0.39, 0.29) is 6.61 Å². The van der Waals surface area contributed by atoms with E-state index in [2.05, 4.69) is 18.4 Å². The highest BCUT2D eigenvalue weighted by Gasteiger charge is 2.12. The Hall–Kier alpha value is 0.110. The summed E-state index contributed by atoms with van der Waals surface area (Å²) in [4.78, 5) is 17.1. The minimum Gasteiger partial charge on any atom is -0.303 e. The van der Waals surface area contributed by atoms with E-state index in [9.17, 15) is 4.57 Å². The van der Waals surface area contributed by atoms with Crippen LogP contribution in [0.25, 0.3) is 0 Å². The second-order valence-electron chi connectivity index (χ2n) is 7.10. The minimum atomic E-state index is -4.26. The lowest BCUT2D eigenvalue weighted by molar-refractivity contribution is 0.193. The van der Waals surface area contributed by atoms with Gasteiger partial charge < -0.3 is 9.79 Å². The molecule has 0 atom stereocenters. The van der Waals surface area contributed by atoms with Gasteiger partial charge in [-0.25, -0.2) is 4.57 Å². The van der Waals surface area contributed by atoms with Gasteiger partial charge in [0.15, 0.2) is 0 Å². The van der Waals surface area contributed by atoms with E-state index in [1.165, 1.54) is 70.6 Å². The highest BCUT2D eigenvalue weighted by atomic mass is 31.2. The molecule has 140 valence electrons. The molecule has 0 fully saturated rings. The van der Waals surface area contributed by atoms with Crippen molar-refractivity contribution < 1.29 is 18.9 Å². The fraction of sp³-hybridized carbons (Fsp3) is 1.00. The molecule has 0 aromatic rings. The molecule has 0 aliphatic heterocycles. The van der Waals surface area contributed by atoms with Gasteiger partial charge >= 0.3 is 7.82 Å². The average molecular weight is 350 g/mol. The summed E-state index contributed by atoms with van der Waals surface area (Å²) in [7, 11) is -4.26. The molecule has 0 unspecified atom stereocenters. The van der Waals surface area contributed by atoms with Crippen molar-refractivity contribution >= 4 is 7.82 Å². The number of phosphoric ester groups is 1. The largest absolute Gasteiger partial charge is 0.469 e. The Morgan fingerprint density at radius 2 is 1.04 bits per heavy atom. The predicted octanol–water partition coefficient (Wildman–Crippen LogP) is 6.21. The molecule has 0 aliphatic carbocycles. The zero-order chi connectivity index (χ0) is 17.4. The molecule has 0 aromatic carbocycles. The Bertz CT molecular complexity index is 289. The van der Waals surface area contributed by atoms with Crippen molar-refractivity contribution in [1.82, 2.24) is 0 Å². The Morgan fingerprint density at radius 1 is 0.696 bits per heavy atom. The lowest BCUT2D eigenvalue weighted by Crippen LogP contribution is -1.92. The van der Waals surface area contributed by atoms with Gasteiger partial charge in [-0.1, -0.05) is 97.3 Å². The molecule has 23 heavy (non-hydrogen) atoms. The molecular weight excluding hydrogens is 311 g/mol. The van der Waals surface area contributed by atoms with Crippen molar-refractivity contribution in [3.05, 3.63) is 0 Å². The standard InChI is InChI=1S/C18H39O4P/c1-18(2)16-14-12-10-8-6-4-3-5-7-9-11-13-15-17-22-23(19,20)21/h18H,3-17H2,1-2H3,(H2,19,20,21). The lowest BCUT2D eigenvalue weighted by Gasteiger charge is -2.05. The molecule has 0 spiro atoms. The highest BCUT2D eigenvalue weighted by molar-refractivity contribution is 7.46. The third kappa shape index (κ3) is 22.1. The number of rotatable bonds is 17. The number of hydrogen-bond acceptors (Lipinski definition) is 2. The van der Waals surface area contributed by atoms with Gasteiger partial charge in [-0.15, -0.1) is 0 Å². The van der Waals surface area contributed by atoms with Gasteiger partial charge in [0.2, 0.25) is 0 Å². The van der Waals surface area contributed by atoms with Crippen LogP contribution in [0.2, 0.25) is 0 Å². The minimum absolute atomic E-state index is 0.168. The number of unbranched alkanes of at least 4 members (excludes halogenated alkanes) is 12. The summed E-state index contributed by atoms with van der Waals surface area (Å²) in [5, 5.41) is 0. The average Bonchev–Trinajstić information content (AvgIpc) is 2.45. The van der Waals surface area contributed by atoms with Gasteiger partial charge in [0.25, 0.3) is 0 Å². The smallest absolute Gasteiger partial charge is 0.303 e. The maximum absolute atomic E-state index is 10.5. The van der Waals surface area contributed by atoms with Gasteiger partial charge in [-0.2, -0.15) is 0 Å². The van der Waals surface area contributed by atoms with Crippen LogP contribution in [-0.2, 0) is 9.09 Å². The molecule has 2 N–H and O–H groups in total. The SMILES string of the molecule is CC(C)CCCCCCCCCCCCCCCOP(=O)(O)O. The third-order valence-corrected chi connectivity index (χ3v) is 4.70. The molecule has 5 heteroatoms. The Kier molecular flexibility index (Phi) is 15.7. The highest BCUT2D eigenvalue weighted by Crippen LogP contribution is 2.35. The van der Waals surface area contributed by atoms with E-state index in [1.807, 2.05) is 0 Å². The Labute approximate surface area is 143 Å². The van der Waals surface area contributed by atoms with Crippen LogP contribution in [0.1, 0.15) is 104 Å². The van der Waals surface area contributed by atoms with Crippen LogP contribution in [0.4, 0.5) is 0 Å². The monoisotopic (exact) mass is 350 g/mol. The summed E-state index contributed by atoms with van der Waals surface area (Å²) in [5.74, 6) is 0.855. The first-order valence-corrected chi connectivity index (χ1v) is 11.1. The van der Waals surface area contributed by atoms with Crippen LogP contribution in [-0.4, -0.2) is 16.4 Å². The van der Waals surface area contributed by atoms with E-state index in [1.54, 1.807) is 0 Å². The summed E-state index contributed by atoms with van der Waals surface area (Å²) in [6.45, 7) is 4.77. The topological polar surface area (TPSA) is 66.8 Å². The van der Waals surface area contributed by atoms with Crippen LogP contribution in [0, 0.1) is 5.92 Å². The van der Waals surface area contributed by atoms with Crippen molar-refractivity contribution in [2.24, 2.45) is 5.92 Å². The number of phosphoric acid groups is 1. The van der Waals surface area contributed by atoms with Gasteiger partial charge in [0, 0.05) is 0 Å². The molecule has 4 nitrogen and oxygen atoms in total. The van der Waals surface area contributed by atoms with Gasteiger partial charge in [0.05, 0.1) is 6.61 Å². The van der Waals surface area contributed by atoms with Crippen molar-refractivity contribution in [2.45, 2.75) is 104 Å². The Morgan fingerprint density at radius 3 is 1.39 bits per heavy atom. The first kappa shape index (κ1) is 23.1. The van der Waals surface area contributed by atoms with E-state index >= 15 is 0 Å². The fourth-order valence-corrected chi connectivity index (χ4v) is 3.15. The molecule has 0 saturated heterocycles. The van der Waals surface area contributed by atoms with Crippen LogP contribution < -0.4 is 0 Å². The molecule has 0 heterocycles. The predicted molar refractivity (Wildman–Crippen MR) is 97.5 cm³/mol. The van der Waals surface area contributed by atoms with Gasteiger partial charge in [0.1, 0.15) is 0 Å². The second-order valence-corrected chi connectivity index (χ2v) is 8.34. The summed E-state index contributed by atoms with van der Waals surface area (Å²) in [6, 6.07) is 0. The van der Waals surface area contributed by atoms with Crippen molar-refractivity contribution in [3.8, 4) is 0 Å². The first-order valence-electron chi connectivity index (χ1n) is 9.62. The van der Waals surface area contributed by atoms with E-state index < -0.39 is 7.82 Å². The molecule has 0 amide bonds. The normalized spacial score (nSPS) is 12.2. The molecular formula is C18H39O4P.